The Hall–Kier alpha value is -1.17. The Morgan fingerprint density at radius 1 is 1.33 bits per heavy atom. The second-order valence-corrected chi connectivity index (χ2v) is 3.56. The SMILES string of the molecule is CC(N)(Cc1c(F)cncc1F)C(F)F. The minimum atomic E-state index is -2.86. The molecule has 1 unspecified atom stereocenters. The summed E-state index contributed by atoms with van der Waals surface area (Å²) in [5.74, 6) is -1.93. The van der Waals surface area contributed by atoms with Crippen molar-refractivity contribution in [2.75, 3.05) is 0 Å². The van der Waals surface area contributed by atoms with Crippen molar-refractivity contribution in [3.8, 4) is 0 Å². The number of aromatic nitrogens is 1. The van der Waals surface area contributed by atoms with E-state index in [2.05, 4.69) is 4.98 Å². The zero-order valence-corrected chi connectivity index (χ0v) is 7.98. The third-order valence-corrected chi connectivity index (χ3v) is 2.01. The van der Waals surface area contributed by atoms with Crippen LogP contribution in [0.15, 0.2) is 12.4 Å². The van der Waals surface area contributed by atoms with E-state index in [1.54, 1.807) is 0 Å². The number of pyridine rings is 1. The number of alkyl halides is 2. The van der Waals surface area contributed by atoms with Crippen LogP contribution in [0.5, 0.6) is 0 Å². The zero-order valence-electron chi connectivity index (χ0n) is 7.98. The fourth-order valence-electron chi connectivity index (χ4n) is 1.06. The number of nitrogens with zero attached hydrogens (tertiary/aromatic N) is 1. The van der Waals surface area contributed by atoms with Crippen LogP contribution in [0.25, 0.3) is 0 Å². The van der Waals surface area contributed by atoms with Gasteiger partial charge in [0.1, 0.15) is 11.6 Å². The molecule has 0 aliphatic heterocycles. The lowest BCUT2D eigenvalue weighted by Gasteiger charge is -2.23. The van der Waals surface area contributed by atoms with E-state index in [0.29, 0.717) is 0 Å². The Bertz CT molecular complexity index is 332. The first-order valence-corrected chi connectivity index (χ1v) is 4.19. The zero-order chi connectivity index (χ0) is 11.6. The van der Waals surface area contributed by atoms with E-state index in [9.17, 15) is 17.6 Å². The lowest BCUT2D eigenvalue weighted by atomic mass is 9.94. The van der Waals surface area contributed by atoms with E-state index in [4.69, 9.17) is 5.73 Å². The van der Waals surface area contributed by atoms with Gasteiger partial charge in [0.2, 0.25) is 0 Å². The maximum atomic E-state index is 13.0. The smallest absolute Gasteiger partial charge is 0.256 e. The molecule has 0 saturated carbocycles. The van der Waals surface area contributed by atoms with Gasteiger partial charge in [0.05, 0.1) is 17.9 Å². The van der Waals surface area contributed by atoms with Crippen LogP contribution in [-0.2, 0) is 6.42 Å². The van der Waals surface area contributed by atoms with Crippen LogP contribution in [0.1, 0.15) is 12.5 Å². The molecule has 2 nitrogen and oxygen atoms in total. The highest BCUT2D eigenvalue weighted by Crippen LogP contribution is 2.21. The van der Waals surface area contributed by atoms with Crippen molar-refractivity contribution in [1.29, 1.82) is 0 Å². The highest BCUT2D eigenvalue weighted by Gasteiger charge is 2.32. The molecule has 0 fully saturated rings. The molecule has 6 heteroatoms. The van der Waals surface area contributed by atoms with Crippen molar-refractivity contribution in [1.82, 2.24) is 4.98 Å². The molecule has 1 heterocycles. The average Bonchev–Trinajstić information content (AvgIpc) is 2.11. The van der Waals surface area contributed by atoms with Crippen molar-refractivity contribution in [3.63, 3.8) is 0 Å². The summed E-state index contributed by atoms with van der Waals surface area (Å²) in [5, 5.41) is 0. The molecule has 0 spiro atoms. The van der Waals surface area contributed by atoms with E-state index < -0.39 is 35.6 Å². The second-order valence-electron chi connectivity index (χ2n) is 3.56. The molecule has 0 aromatic carbocycles. The summed E-state index contributed by atoms with van der Waals surface area (Å²) in [7, 11) is 0. The first-order chi connectivity index (χ1) is 6.84. The van der Waals surface area contributed by atoms with Crippen molar-refractivity contribution < 1.29 is 17.6 Å². The van der Waals surface area contributed by atoms with Crippen LogP contribution in [0.4, 0.5) is 17.6 Å². The van der Waals surface area contributed by atoms with Crippen molar-refractivity contribution in [2.24, 2.45) is 5.73 Å². The molecular formula is C9H10F4N2. The van der Waals surface area contributed by atoms with Gasteiger partial charge in [0.15, 0.2) is 0 Å². The van der Waals surface area contributed by atoms with E-state index in [-0.39, 0.29) is 0 Å². The summed E-state index contributed by atoms with van der Waals surface area (Å²) in [6.07, 6.45) is -1.91. The van der Waals surface area contributed by atoms with Crippen molar-refractivity contribution in [3.05, 3.63) is 29.6 Å². The molecular weight excluding hydrogens is 212 g/mol. The highest BCUT2D eigenvalue weighted by molar-refractivity contribution is 5.18. The minimum absolute atomic E-state index is 0.463. The van der Waals surface area contributed by atoms with Crippen LogP contribution in [0, 0.1) is 11.6 Å². The molecule has 0 radical (unpaired) electrons. The Morgan fingerprint density at radius 2 is 1.80 bits per heavy atom. The molecule has 1 atom stereocenters. The number of rotatable bonds is 3. The maximum Gasteiger partial charge on any atom is 0.256 e. The Kier molecular flexibility index (Phi) is 3.28. The Labute approximate surface area is 84.1 Å². The first-order valence-electron chi connectivity index (χ1n) is 4.19. The third-order valence-electron chi connectivity index (χ3n) is 2.01. The van der Waals surface area contributed by atoms with Gasteiger partial charge in [-0.2, -0.15) is 0 Å². The molecule has 15 heavy (non-hydrogen) atoms. The summed E-state index contributed by atoms with van der Waals surface area (Å²) in [6.45, 7) is 1.04. The molecule has 1 aromatic heterocycles. The monoisotopic (exact) mass is 222 g/mol. The predicted molar refractivity (Wildman–Crippen MR) is 46.5 cm³/mol. The average molecular weight is 222 g/mol. The highest BCUT2D eigenvalue weighted by atomic mass is 19.3. The summed E-state index contributed by atoms with van der Waals surface area (Å²) in [4.78, 5) is 3.24. The van der Waals surface area contributed by atoms with Gasteiger partial charge in [-0.15, -0.1) is 0 Å². The van der Waals surface area contributed by atoms with Gasteiger partial charge in [-0.05, 0) is 6.92 Å². The standard InChI is InChI=1S/C9H10F4N2/c1-9(14,8(12)13)2-5-6(10)3-15-4-7(5)11/h3-4,8H,2,14H2,1H3. The summed E-state index contributed by atoms with van der Waals surface area (Å²) < 4.78 is 50.8. The van der Waals surface area contributed by atoms with Gasteiger partial charge in [-0.25, -0.2) is 17.6 Å². The van der Waals surface area contributed by atoms with Crippen LogP contribution in [-0.4, -0.2) is 16.9 Å². The van der Waals surface area contributed by atoms with Gasteiger partial charge in [-0.1, -0.05) is 0 Å². The predicted octanol–water partition coefficient (Wildman–Crippen LogP) is 1.88. The largest absolute Gasteiger partial charge is 0.320 e. The lowest BCUT2D eigenvalue weighted by molar-refractivity contribution is 0.0630. The van der Waals surface area contributed by atoms with E-state index in [0.717, 1.165) is 19.3 Å². The number of halogens is 4. The quantitative estimate of drug-likeness (QED) is 0.793. The van der Waals surface area contributed by atoms with Crippen LogP contribution in [0.2, 0.25) is 0 Å². The fraction of sp³-hybridized carbons (Fsp3) is 0.444. The Morgan fingerprint density at radius 3 is 2.20 bits per heavy atom. The molecule has 0 amide bonds. The third kappa shape index (κ3) is 2.65. The van der Waals surface area contributed by atoms with Crippen LogP contribution < -0.4 is 5.73 Å². The van der Waals surface area contributed by atoms with Gasteiger partial charge in [0.25, 0.3) is 6.43 Å². The van der Waals surface area contributed by atoms with Gasteiger partial charge >= 0.3 is 0 Å². The van der Waals surface area contributed by atoms with E-state index in [1.807, 2.05) is 0 Å². The van der Waals surface area contributed by atoms with Gasteiger partial charge in [-0.3, -0.25) is 4.98 Å². The van der Waals surface area contributed by atoms with Gasteiger partial charge in [0, 0.05) is 12.0 Å². The van der Waals surface area contributed by atoms with Crippen LogP contribution >= 0.6 is 0 Å². The van der Waals surface area contributed by atoms with Crippen molar-refractivity contribution >= 4 is 0 Å². The molecule has 1 rings (SSSR count). The van der Waals surface area contributed by atoms with Gasteiger partial charge < -0.3 is 5.73 Å². The lowest BCUT2D eigenvalue weighted by Crippen LogP contribution is -2.46. The summed E-state index contributed by atoms with van der Waals surface area (Å²) in [6, 6.07) is 0. The molecule has 1 aromatic rings. The molecule has 84 valence electrons. The van der Waals surface area contributed by atoms with E-state index >= 15 is 0 Å². The molecule has 0 saturated heterocycles. The fourth-order valence-corrected chi connectivity index (χ4v) is 1.06. The topological polar surface area (TPSA) is 38.9 Å². The maximum absolute atomic E-state index is 13.0. The number of nitrogens with two attached hydrogens (primary N) is 1. The van der Waals surface area contributed by atoms with Crippen LogP contribution in [0.3, 0.4) is 0 Å². The summed E-state index contributed by atoms with van der Waals surface area (Å²) in [5.41, 5.74) is 2.81. The normalized spacial score (nSPS) is 15.4. The molecule has 0 aliphatic carbocycles. The Balaban J connectivity index is 2.99. The molecule has 0 aliphatic rings. The molecule has 2 N–H and O–H groups in total. The van der Waals surface area contributed by atoms with E-state index in [1.165, 1.54) is 0 Å². The first kappa shape index (κ1) is 11.9. The second kappa shape index (κ2) is 4.14. The molecule has 0 bridgehead atoms. The minimum Gasteiger partial charge on any atom is -0.320 e. The van der Waals surface area contributed by atoms with Crippen molar-refractivity contribution in [2.45, 2.75) is 25.3 Å². The number of hydrogen-bond acceptors (Lipinski definition) is 2. The summed E-state index contributed by atoms with van der Waals surface area (Å²) >= 11 is 0. The number of hydrogen-bond donors (Lipinski definition) is 1.